The van der Waals surface area contributed by atoms with Gasteiger partial charge in [0, 0.05) is 67.6 Å². The van der Waals surface area contributed by atoms with E-state index in [1.165, 1.54) is 30.4 Å². The molecule has 6 amide bonds. The van der Waals surface area contributed by atoms with Crippen LogP contribution in [0.15, 0.2) is 78.9 Å². The topological polar surface area (TPSA) is 157 Å². The molecule has 4 N–H and O–H groups in total. The molecule has 3 aromatic carbocycles. The molecule has 0 unspecified atom stereocenters. The quantitative estimate of drug-likeness (QED) is 0.0711. The van der Waals surface area contributed by atoms with Crippen LogP contribution in [-0.4, -0.2) is 89.5 Å². The van der Waals surface area contributed by atoms with Gasteiger partial charge in [-0.15, -0.1) is 0 Å². The first-order valence-corrected chi connectivity index (χ1v) is 24.1. The summed E-state index contributed by atoms with van der Waals surface area (Å²) >= 11 is 0. The molecule has 342 valence electrons. The van der Waals surface area contributed by atoms with E-state index in [2.05, 4.69) is 59.4 Å². The molecule has 0 bridgehead atoms. The molecule has 7 rings (SSSR count). The van der Waals surface area contributed by atoms with Gasteiger partial charge in [0.1, 0.15) is 6.04 Å². The molecule has 1 saturated heterocycles. The zero-order valence-electron chi connectivity index (χ0n) is 37.8. The summed E-state index contributed by atoms with van der Waals surface area (Å²) in [6.45, 7) is 5.17. The Labute approximate surface area is 379 Å². The maximum atomic E-state index is 14.3. The highest BCUT2D eigenvalue weighted by Gasteiger charge is 2.49. The standard InChI is InChI=1S/C52H68N6O6/c1-3-5-7-9-10-11-18-24-47(59)54-46(50(62)53-27-19-8-6-4-2)34-57-31-38-28-37(25-26-39(38)52(57)64)51(63)58-32-42(48(60)55-44-29-40(44)35-20-14-12-15-21-35)43(33-58)49(61)56-45-30-41(45)36-22-16-13-17-23-36/h12-17,20-23,25-26,28,40-46H,3-11,18-19,24,27,29-34H2,1-2H3,(H,53,62)(H,54,59)(H,55,60)(H,56,61)/t40-,41-,42-,43-,44+,45+,46+/m1/s1. The molecule has 12 nitrogen and oxygen atoms in total. The first kappa shape index (κ1) is 46.5. The minimum absolute atomic E-state index is 0.00169. The number of unbranched alkanes of at least 4 members (excludes halogenated alkanes) is 9. The number of carbonyl (C=O) groups excluding carboxylic acids is 6. The number of nitrogens with one attached hydrogen (secondary N) is 4. The van der Waals surface area contributed by atoms with Crippen molar-refractivity contribution in [1.82, 2.24) is 31.1 Å². The van der Waals surface area contributed by atoms with Crippen LogP contribution in [0.2, 0.25) is 0 Å². The van der Waals surface area contributed by atoms with Gasteiger partial charge in [0.2, 0.25) is 23.6 Å². The first-order chi connectivity index (χ1) is 31.1. The molecule has 2 aliphatic heterocycles. The Morgan fingerprint density at radius 1 is 0.672 bits per heavy atom. The van der Waals surface area contributed by atoms with E-state index in [0.717, 1.165) is 64.2 Å². The Balaban J connectivity index is 0.991. The van der Waals surface area contributed by atoms with Crippen LogP contribution in [0.3, 0.4) is 0 Å². The summed E-state index contributed by atoms with van der Waals surface area (Å²) in [6, 6.07) is 24.2. The van der Waals surface area contributed by atoms with Gasteiger partial charge in [0.05, 0.1) is 18.4 Å². The lowest BCUT2D eigenvalue weighted by molar-refractivity contribution is -0.133. The Kier molecular flexibility index (Phi) is 16.3. The van der Waals surface area contributed by atoms with Gasteiger partial charge in [-0.1, -0.05) is 132 Å². The monoisotopic (exact) mass is 873 g/mol. The van der Waals surface area contributed by atoms with Gasteiger partial charge in [-0.25, -0.2) is 0 Å². The minimum Gasteiger partial charge on any atom is -0.354 e. The number of nitrogens with zero attached hydrogens (tertiary/aromatic N) is 2. The molecule has 0 spiro atoms. The van der Waals surface area contributed by atoms with Crippen molar-refractivity contribution in [1.29, 1.82) is 0 Å². The molecule has 2 aliphatic carbocycles. The molecule has 3 fully saturated rings. The van der Waals surface area contributed by atoms with Crippen LogP contribution < -0.4 is 21.3 Å². The maximum absolute atomic E-state index is 14.3. The van der Waals surface area contributed by atoms with Crippen LogP contribution >= 0.6 is 0 Å². The second-order valence-electron chi connectivity index (χ2n) is 18.6. The summed E-state index contributed by atoms with van der Waals surface area (Å²) < 4.78 is 0. The second-order valence-corrected chi connectivity index (χ2v) is 18.6. The number of hydrogen-bond donors (Lipinski definition) is 4. The summed E-state index contributed by atoms with van der Waals surface area (Å²) in [5, 5.41) is 12.3. The van der Waals surface area contributed by atoms with E-state index < -0.39 is 17.9 Å². The Morgan fingerprint density at radius 2 is 1.22 bits per heavy atom. The van der Waals surface area contributed by atoms with Crippen LogP contribution in [0.4, 0.5) is 0 Å². The van der Waals surface area contributed by atoms with Crippen molar-refractivity contribution >= 4 is 35.4 Å². The van der Waals surface area contributed by atoms with Crippen molar-refractivity contribution in [2.24, 2.45) is 11.8 Å². The van der Waals surface area contributed by atoms with Gasteiger partial charge < -0.3 is 31.1 Å². The number of likely N-dealkylation sites (tertiary alicyclic amines) is 1. The number of fused-ring (bicyclic) bond motifs is 1. The van der Waals surface area contributed by atoms with E-state index in [-0.39, 0.29) is 85.5 Å². The van der Waals surface area contributed by atoms with Gasteiger partial charge in [0.15, 0.2) is 0 Å². The summed E-state index contributed by atoms with van der Waals surface area (Å²) in [5.41, 5.74) is 3.78. The maximum Gasteiger partial charge on any atom is 0.254 e. The fourth-order valence-electron chi connectivity index (χ4n) is 9.58. The minimum atomic E-state index is -0.921. The number of benzene rings is 3. The Bertz CT molecular complexity index is 2020. The van der Waals surface area contributed by atoms with Gasteiger partial charge >= 0.3 is 0 Å². The Hall–Kier alpha value is -5.52. The third-order valence-corrected chi connectivity index (χ3v) is 13.6. The molecule has 64 heavy (non-hydrogen) atoms. The van der Waals surface area contributed by atoms with E-state index in [9.17, 15) is 28.8 Å². The first-order valence-electron chi connectivity index (χ1n) is 24.1. The number of rotatable bonds is 24. The molecule has 2 saturated carbocycles. The lowest BCUT2D eigenvalue weighted by Crippen LogP contribution is -2.52. The van der Waals surface area contributed by atoms with E-state index >= 15 is 0 Å². The van der Waals surface area contributed by atoms with Crippen molar-refractivity contribution in [3.05, 3.63) is 107 Å². The van der Waals surface area contributed by atoms with E-state index in [4.69, 9.17) is 0 Å². The van der Waals surface area contributed by atoms with Gasteiger partial charge in [-0.2, -0.15) is 0 Å². The predicted octanol–water partition coefficient (Wildman–Crippen LogP) is 7.00. The fourth-order valence-corrected chi connectivity index (χ4v) is 9.58. The molecule has 12 heteroatoms. The van der Waals surface area contributed by atoms with Crippen molar-refractivity contribution in [3.8, 4) is 0 Å². The summed E-state index contributed by atoms with van der Waals surface area (Å²) in [7, 11) is 0. The van der Waals surface area contributed by atoms with Crippen LogP contribution in [0, 0.1) is 11.8 Å². The summed E-state index contributed by atoms with van der Waals surface area (Å²) in [5.74, 6) is -2.57. The molecule has 0 radical (unpaired) electrons. The van der Waals surface area contributed by atoms with Crippen LogP contribution in [-0.2, 0) is 25.7 Å². The highest BCUT2D eigenvalue weighted by molar-refractivity contribution is 6.02. The normalized spacial score (nSPS) is 22.4. The SMILES string of the molecule is CCCCCCCCCC(=O)N[C@@H](CN1Cc2cc(C(=O)N3C[C@@H](C(=O)N[C@H]4C[C@@H]4c4ccccc4)[C@H](C(=O)N[C@H]4C[C@@H]4c4ccccc4)C3)ccc2C1=O)C(=O)NCCCCCC. The molecule has 2 heterocycles. The zero-order valence-corrected chi connectivity index (χ0v) is 37.8. The van der Waals surface area contributed by atoms with Crippen LogP contribution in [0.25, 0.3) is 0 Å². The van der Waals surface area contributed by atoms with E-state index in [1.54, 1.807) is 28.0 Å². The third kappa shape index (κ3) is 12.2. The second kappa shape index (κ2) is 22.4. The molecule has 0 aromatic heterocycles. The van der Waals surface area contributed by atoms with Crippen molar-refractivity contribution < 1.29 is 28.8 Å². The lowest BCUT2D eigenvalue weighted by atomic mass is 9.94. The molecular weight excluding hydrogens is 805 g/mol. The Morgan fingerprint density at radius 3 is 1.80 bits per heavy atom. The predicted molar refractivity (Wildman–Crippen MR) is 247 cm³/mol. The largest absolute Gasteiger partial charge is 0.354 e. The van der Waals surface area contributed by atoms with Crippen molar-refractivity contribution in [3.63, 3.8) is 0 Å². The molecule has 7 atom stereocenters. The van der Waals surface area contributed by atoms with Gasteiger partial charge in [0.25, 0.3) is 11.8 Å². The van der Waals surface area contributed by atoms with Gasteiger partial charge in [-0.05, 0) is 60.6 Å². The van der Waals surface area contributed by atoms with E-state index in [0.29, 0.717) is 29.7 Å². The van der Waals surface area contributed by atoms with Crippen molar-refractivity contribution in [2.45, 2.75) is 140 Å². The van der Waals surface area contributed by atoms with E-state index in [1.807, 2.05) is 36.4 Å². The van der Waals surface area contributed by atoms with Gasteiger partial charge in [-0.3, -0.25) is 28.8 Å². The lowest BCUT2D eigenvalue weighted by Gasteiger charge is -2.24. The highest BCUT2D eigenvalue weighted by Crippen LogP contribution is 2.43. The van der Waals surface area contributed by atoms with Crippen molar-refractivity contribution in [2.75, 3.05) is 26.2 Å². The fraction of sp³-hybridized carbons (Fsp3) is 0.538. The number of amides is 6. The molecule has 4 aliphatic rings. The summed E-state index contributed by atoms with van der Waals surface area (Å²) in [6.07, 6.45) is 13.5. The number of carbonyl (C=O) groups is 6. The number of hydrogen-bond acceptors (Lipinski definition) is 6. The third-order valence-electron chi connectivity index (χ3n) is 13.6. The van der Waals surface area contributed by atoms with Crippen LogP contribution in [0.5, 0.6) is 0 Å². The zero-order chi connectivity index (χ0) is 45.0. The smallest absolute Gasteiger partial charge is 0.254 e. The average molecular weight is 873 g/mol. The van der Waals surface area contributed by atoms with Crippen LogP contribution in [0.1, 0.15) is 153 Å². The molecular formula is C52H68N6O6. The molecule has 3 aromatic rings. The average Bonchev–Trinajstić information content (AvgIpc) is 4.19. The summed E-state index contributed by atoms with van der Waals surface area (Å²) in [4.78, 5) is 85.8. The highest BCUT2D eigenvalue weighted by atomic mass is 16.2.